The van der Waals surface area contributed by atoms with Crippen LogP contribution in [-0.2, 0) is 5.75 Å². The van der Waals surface area contributed by atoms with E-state index < -0.39 is 5.97 Å². The van der Waals surface area contributed by atoms with Crippen molar-refractivity contribution in [2.45, 2.75) is 23.9 Å². The number of carbonyl (C=O) groups is 1. The Labute approximate surface area is 125 Å². The summed E-state index contributed by atoms with van der Waals surface area (Å²) in [6, 6.07) is 7.86. The minimum Gasteiger partial charge on any atom is -0.494 e. The van der Waals surface area contributed by atoms with E-state index in [1.54, 1.807) is 6.92 Å². The van der Waals surface area contributed by atoms with Gasteiger partial charge in [-0.2, -0.15) is 0 Å². The fourth-order valence-electron chi connectivity index (χ4n) is 1.69. The molecule has 2 aromatic rings. The van der Waals surface area contributed by atoms with E-state index >= 15 is 0 Å². The molecule has 0 amide bonds. The Bertz CT molecular complexity index is 610. The number of nitrogens with zero attached hydrogens (tertiary/aromatic N) is 1. The fraction of sp³-hybridized carbons (Fsp3) is 0.286. The number of thioether (sulfide) groups is 1. The molecule has 1 aromatic heterocycles. The van der Waals surface area contributed by atoms with Crippen LogP contribution in [0.4, 0.5) is 0 Å². The van der Waals surface area contributed by atoms with Crippen LogP contribution in [0.3, 0.4) is 0 Å². The van der Waals surface area contributed by atoms with Gasteiger partial charge in [0.05, 0.1) is 12.3 Å². The number of para-hydroxylation sites is 1. The van der Waals surface area contributed by atoms with Crippen LogP contribution in [0.25, 0.3) is 0 Å². The standard InChI is InChI=1S/C14H15NO3S2/c1-3-18-11-7-5-4-6-10(11)8-19-14-15-9(2)12(20-14)13(16)17/h4-7H,3,8H2,1-2H3,(H,16,17). The molecule has 0 radical (unpaired) electrons. The van der Waals surface area contributed by atoms with Crippen molar-refractivity contribution in [3.05, 3.63) is 40.4 Å². The zero-order valence-corrected chi connectivity index (χ0v) is 12.9. The Balaban J connectivity index is 2.09. The number of hydrogen-bond donors (Lipinski definition) is 1. The van der Waals surface area contributed by atoms with E-state index in [0.29, 0.717) is 22.9 Å². The summed E-state index contributed by atoms with van der Waals surface area (Å²) in [6.07, 6.45) is 0. The number of benzene rings is 1. The molecule has 0 bridgehead atoms. The maximum Gasteiger partial charge on any atom is 0.347 e. The molecule has 2 rings (SSSR count). The van der Waals surface area contributed by atoms with Crippen LogP contribution >= 0.6 is 23.1 Å². The minimum atomic E-state index is -0.915. The van der Waals surface area contributed by atoms with Gasteiger partial charge in [-0.25, -0.2) is 9.78 Å². The van der Waals surface area contributed by atoms with Crippen molar-refractivity contribution in [3.63, 3.8) is 0 Å². The maximum atomic E-state index is 11.0. The predicted molar refractivity (Wildman–Crippen MR) is 81.0 cm³/mol. The fourth-order valence-corrected chi connectivity index (χ4v) is 3.71. The van der Waals surface area contributed by atoms with Gasteiger partial charge in [0.2, 0.25) is 0 Å². The molecule has 20 heavy (non-hydrogen) atoms. The summed E-state index contributed by atoms with van der Waals surface area (Å²) in [7, 11) is 0. The molecule has 6 heteroatoms. The number of rotatable bonds is 6. The number of aryl methyl sites for hydroxylation is 1. The van der Waals surface area contributed by atoms with Crippen molar-refractivity contribution in [2.75, 3.05) is 6.61 Å². The topological polar surface area (TPSA) is 59.4 Å². The number of carboxylic acids is 1. The molecule has 0 saturated carbocycles. The highest BCUT2D eigenvalue weighted by Gasteiger charge is 2.14. The molecule has 1 aromatic carbocycles. The summed E-state index contributed by atoms with van der Waals surface area (Å²) in [5, 5.41) is 9.02. The highest BCUT2D eigenvalue weighted by Crippen LogP contribution is 2.32. The van der Waals surface area contributed by atoms with Gasteiger partial charge in [-0.1, -0.05) is 30.0 Å². The van der Waals surface area contributed by atoms with Crippen molar-refractivity contribution >= 4 is 29.1 Å². The molecule has 4 nitrogen and oxygen atoms in total. The molecule has 1 N–H and O–H groups in total. The minimum absolute atomic E-state index is 0.311. The van der Waals surface area contributed by atoms with Gasteiger partial charge in [0, 0.05) is 11.3 Å². The molecule has 0 spiro atoms. The van der Waals surface area contributed by atoms with Crippen molar-refractivity contribution in [3.8, 4) is 5.75 Å². The van der Waals surface area contributed by atoms with Crippen molar-refractivity contribution < 1.29 is 14.6 Å². The van der Waals surface area contributed by atoms with E-state index in [9.17, 15) is 4.79 Å². The smallest absolute Gasteiger partial charge is 0.347 e. The Kier molecular flexibility index (Phi) is 5.03. The first-order chi connectivity index (χ1) is 9.61. The third kappa shape index (κ3) is 3.52. The van der Waals surface area contributed by atoms with Crippen LogP contribution in [0, 0.1) is 6.92 Å². The van der Waals surface area contributed by atoms with E-state index in [1.165, 1.54) is 23.1 Å². The lowest BCUT2D eigenvalue weighted by atomic mass is 10.2. The van der Waals surface area contributed by atoms with E-state index in [0.717, 1.165) is 15.7 Å². The molecule has 0 atom stereocenters. The normalized spacial score (nSPS) is 10.5. The van der Waals surface area contributed by atoms with E-state index in [4.69, 9.17) is 9.84 Å². The van der Waals surface area contributed by atoms with Crippen molar-refractivity contribution in [1.82, 2.24) is 4.98 Å². The molecular weight excluding hydrogens is 294 g/mol. The molecule has 0 fully saturated rings. The van der Waals surface area contributed by atoms with E-state index in [-0.39, 0.29) is 0 Å². The van der Waals surface area contributed by atoms with Crippen LogP contribution < -0.4 is 4.74 Å². The molecule has 0 aliphatic heterocycles. The Morgan fingerprint density at radius 2 is 2.20 bits per heavy atom. The van der Waals surface area contributed by atoms with Gasteiger partial charge in [-0.05, 0) is 19.9 Å². The second-order valence-electron chi connectivity index (χ2n) is 4.03. The highest BCUT2D eigenvalue weighted by molar-refractivity contribution is 8.00. The Hall–Kier alpha value is -1.53. The first-order valence-electron chi connectivity index (χ1n) is 6.16. The summed E-state index contributed by atoms with van der Waals surface area (Å²) in [5.74, 6) is 0.665. The van der Waals surface area contributed by atoms with Gasteiger partial charge >= 0.3 is 5.97 Å². The van der Waals surface area contributed by atoms with Gasteiger partial charge < -0.3 is 9.84 Å². The lowest BCUT2D eigenvalue weighted by Gasteiger charge is -2.08. The monoisotopic (exact) mass is 309 g/mol. The second-order valence-corrected chi connectivity index (χ2v) is 6.25. The second kappa shape index (κ2) is 6.76. The SMILES string of the molecule is CCOc1ccccc1CSc1nc(C)c(C(=O)O)s1. The zero-order valence-electron chi connectivity index (χ0n) is 11.3. The largest absolute Gasteiger partial charge is 0.494 e. The van der Waals surface area contributed by atoms with Crippen LogP contribution in [0.15, 0.2) is 28.6 Å². The third-order valence-corrected chi connectivity index (χ3v) is 4.93. The molecule has 0 aliphatic rings. The van der Waals surface area contributed by atoms with E-state index in [2.05, 4.69) is 4.98 Å². The number of aromatic nitrogens is 1. The molecule has 1 heterocycles. The van der Waals surface area contributed by atoms with Gasteiger partial charge in [-0.15, -0.1) is 11.3 Å². The van der Waals surface area contributed by atoms with Crippen LogP contribution in [0.5, 0.6) is 5.75 Å². The molecule has 0 unspecified atom stereocenters. The number of ether oxygens (including phenoxy) is 1. The maximum absolute atomic E-state index is 11.0. The highest BCUT2D eigenvalue weighted by atomic mass is 32.2. The predicted octanol–water partition coefficient (Wildman–Crippen LogP) is 3.84. The first kappa shape index (κ1) is 14.9. The quantitative estimate of drug-likeness (QED) is 0.822. The average molecular weight is 309 g/mol. The number of thiazole rings is 1. The number of carboxylic acid groups (broad SMARTS) is 1. The lowest BCUT2D eigenvalue weighted by molar-refractivity contribution is 0.0701. The van der Waals surface area contributed by atoms with Gasteiger partial charge in [0.15, 0.2) is 4.34 Å². The molecule has 0 aliphatic carbocycles. The first-order valence-corrected chi connectivity index (χ1v) is 7.96. The van der Waals surface area contributed by atoms with Crippen LogP contribution in [-0.4, -0.2) is 22.7 Å². The summed E-state index contributed by atoms with van der Waals surface area (Å²) >= 11 is 2.75. The zero-order chi connectivity index (χ0) is 14.5. The van der Waals surface area contributed by atoms with Gasteiger partial charge in [0.25, 0.3) is 0 Å². The summed E-state index contributed by atoms with van der Waals surface area (Å²) in [6.45, 7) is 4.30. The summed E-state index contributed by atoms with van der Waals surface area (Å²) in [4.78, 5) is 15.6. The van der Waals surface area contributed by atoms with Crippen LogP contribution in [0.2, 0.25) is 0 Å². The Morgan fingerprint density at radius 3 is 2.85 bits per heavy atom. The molecule has 106 valence electrons. The van der Waals surface area contributed by atoms with Gasteiger partial charge in [-0.3, -0.25) is 0 Å². The Morgan fingerprint density at radius 1 is 1.45 bits per heavy atom. The molecular formula is C14H15NO3S2. The summed E-state index contributed by atoms with van der Waals surface area (Å²) in [5.41, 5.74) is 1.66. The van der Waals surface area contributed by atoms with Crippen molar-refractivity contribution in [2.24, 2.45) is 0 Å². The average Bonchev–Trinajstić information content (AvgIpc) is 2.79. The van der Waals surface area contributed by atoms with Crippen LogP contribution in [0.1, 0.15) is 27.9 Å². The summed E-state index contributed by atoms with van der Waals surface area (Å²) < 4.78 is 6.34. The lowest BCUT2D eigenvalue weighted by Crippen LogP contribution is -1.95. The third-order valence-electron chi connectivity index (χ3n) is 2.59. The van der Waals surface area contributed by atoms with Gasteiger partial charge in [0.1, 0.15) is 10.6 Å². The molecule has 0 saturated heterocycles. The van der Waals surface area contributed by atoms with E-state index in [1.807, 2.05) is 31.2 Å². The number of hydrogen-bond acceptors (Lipinski definition) is 5. The number of aromatic carboxylic acids is 1. The van der Waals surface area contributed by atoms with Crippen molar-refractivity contribution in [1.29, 1.82) is 0 Å².